The summed E-state index contributed by atoms with van der Waals surface area (Å²) in [6.45, 7) is 2.02. The highest BCUT2D eigenvalue weighted by molar-refractivity contribution is 5.78. The lowest BCUT2D eigenvalue weighted by Crippen LogP contribution is -2.36. The Labute approximate surface area is 201 Å². The molecular weight excluding hydrogens is 461 g/mol. The Hall–Kier alpha value is -3.30. The van der Waals surface area contributed by atoms with Gasteiger partial charge in [0.05, 0.1) is 18.0 Å². The number of nitrogens with one attached hydrogen (secondary N) is 1. The Morgan fingerprint density at radius 3 is 2.77 bits per heavy atom. The summed E-state index contributed by atoms with van der Waals surface area (Å²) >= 11 is 0. The highest BCUT2D eigenvalue weighted by Crippen LogP contribution is 2.34. The van der Waals surface area contributed by atoms with E-state index in [9.17, 15) is 27.9 Å². The molecule has 2 aliphatic heterocycles. The molecule has 10 heteroatoms. The van der Waals surface area contributed by atoms with Crippen LogP contribution in [0.25, 0.3) is 0 Å². The summed E-state index contributed by atoms with van der Waals surface area (Å²) in [6, 6.07) is 7.34. The first-order chi connectivity index (χ1) is 16.7. The number of fused-ring (bicyclic) bond motifs is 1. The number of nitrogens with zero attached hydrogens (tertiary/aromatic N) is 3. The molecule has 1 aromatic heterocycles. The Bertz CT molecular complexity index is 1080. The molecule has 3 heterocycles. The zero-order valence-electron chi connectivity index (χ0n) is 19.4. The Morgan fingerprint density at radius 1 is 1.17 bits per heavy atom. The second-order valence-corrected chi connectivity index (χ2v) is 9.00. The Balaban J connectivity index is 1.40. The van der Waals surface area contributed by atoms with Crippen molar-refractivity contribution in [3.8, 4) is 0 Å². The molecule has 7 nitrogen and oxygen atoms in total. The van der Waals surface area contributed by atoms with Crippen molar-refractivity contribution < 1.29 is 27.9 Å². The lowest BCUT2D eigenvalue weighted by molar-refractivity contribution is -0.138. The number of pyridine rings is 1. The number of carbonyl (C=O) groups excluding carboxylic acids is 1. The van der Waals surface area contributed by atoms with E-state index < -0.39 is 30.2 Å². The number of amides is 2. The topological polar surface area (TPSA) is 85.8 Å². The summed E-state index contributed by atoms with van der Waals surface area (Å²) in [4.78, 5) is 32.3. The fraction of sp³-hybridized carbons (Fsp3) is 0.480. The van der Waals surface area contributed by atoms with E-state index in [4.69, 9.17) is 4.98 Å². The first-order valence-corrected chi connectivity index (χ1v) is 11.9. The smallest absolute Gasteiger partial charge is 0.416 e. The molecule has 0 spiro atoms. The number of rotatable bonds is 8. The molecule has 2 N–H and O–H groups in total. The predicted octanol–water partition coefficient (Wildman–Crippen LogP) is 4.73. The van der Waals surface area contributed by atoms with Crippen LogP contribution >= 0.6 is 0 Å². The van der Waals surface area contributed by atoms with Crippen LogP contribution < -0.4 is 5.32 Å². The molecule has 2 aromatic rings. The fourth-order valence-electron chi connectivity index (χ4n) is 4.71. The zero-order valence-corrected chi connectivity index (χ0v) is 19.4. The highest BCUT2D eigenvalue weighted by atomic mass is 19.4. The van der Waals surface area contributed by atoms with E-state index in [1.54, 1.807) is 4.90 Å². The Kier molecular flexibility index (Phi) is 7.47. The van der Waals surface area contributed by atoms with E-state index in [2.05, 4.69) is 11.4 Å². The average molecular weight is 491 g/mol. The molecule has 2 aliphatic rings. The maximum absolute atomic E-state index is 13.2. The van der Waals surface area contributed by atoms with Crippen LogP contribution in [0.1, 0.15) is 54.1 Å². The van der Waals surface area contributed by atoms with Gasteiger partial charge in [-0.3, -0.25) is 4.79 Å². The normalized spacial score (nSPS) is 17.1. The van der Waals surface area contributed by atoms with Crippen molar-refractivity contribution in [3.63, 3.8) is 0 Å². The lowest BCUT2D eigenvalue weighted by Gasteiger charge is -2.28. The average Bonchev–Trinajstić information content (AvgIpc) is 3.02. The Morgan fingerprint density at radius 2 is 2.00 bits per heavy atom. The number of hydrogen-bond acceptors (Lipinski definition) is 4. The number of anilines is 1. The number of alkyl halides is 3. The number of carboxylic acid groups (broad SMARTS) is 1. The lowest BCUT2D eigenvalue weighted by atomic mass is 10.00. The molecule has 1 saturated heterocycles. The quantitative estimate of drug-likeness (QED) is 0.559. The number of carboxylic acids is 1. The van der Waals surface area contributed by atoms with Crippen LogP contribution in [-0.4, -0.2) is 58.1 Å². The van der Waals surface area contributed by atoms with Gasteiger partial charge in [0.25, 0.3) is 0 Å². The first-order valence-electron chi connectivity index (χ1n) is 11.9. The zero-order chi connectivity index (χ0) is 25.0. The van der Waals surface area contributed by atoms with Gasteiger partial charge in [0, 0.05) is 31.9 Å². The highest BCUT2D eigenvalue weighted by Gasteiger charge is 2.37. The molecule has 35 heavy (non-hydrogen) atoms. The summed E-state index contributed by atoms with van der Waals surface area (Å²) in [5.41, 5.74) is 1.46. The number of urea groups is 1. The van der Waals surface area contributed by atoms with Crippen molar-refractivity contribution in [1.29, 1.82) is 0 Å². The maximum atomic E-state index is 13.2. The number of carbonyl (C=O) groups is 2. The first kappa shape index (κ1) is 24.8. The second kappa shape index (κ2) is 10.5. The summed E-state index contributed by atoms with van der Waals surface area (Å²) in [5, 5.41) is 12.7. The van der Waals surface area contributed by atoms with Crippen molar-refractivity contribution >= 4 is 17.8 Å². The molecule has 2 amide bonds. The van der Waals surface area contributed by atoms with E-state index in [0.717, 1.165) is 49.5 Å². The summed E-state index contributed by atoms with van der Waals surface area (Å²) in [5.74, 6) is -0.248. The molecule has 0 bridgehead atoms. The van der Waals surface area contributed by atoms with Crippen LogP contribution in [0.3, 0.4) is 0 Å². The van der Waals surface area contributed by atoms with Gasteiger partial charge >= 0.3 is 18.2 Å². The molecule has 0 saturated carbocycles. The van der Waals surface area contributed by atoms with E-state index in [1.807, 2.05) is 6.07 Å². The SMILES string of the molecule is O=C(O)CC(c1cccc(C(F)(F)F)c1)N1CCN(CCCc2ccc3c(n2)NCCCC3)C1=O. The number of aliphatic carboxylic acids is 1. The number of aryl methyl sites for hydroxylation is 2. The van der Waals surface area contributed by atoms with Gasteiger partial charge in [-0.2, -0.15) is 13.2 Å². The minimum atomic E-state index is -4.55. The van der Waals surface area contributed by atoms with Crippen molar-refractivity contribution in [2.75, 3.05) is 31.5 Å². The number of hydrogen-bond donors (Lipinski definition) is 2. The van der Waals surface area contributed by atoms with Gasteiger partial charge in [0.1, 0.15) is 5.82 Å². The van der Waals surface area contributed by atoms with Crippen LogP contribution in [0.4, 0.5) is 23.8 Å². The van der Waals surface area contributed by atoms with E-state index in [0.29, 0.717) is 25.9 Å². The molecule has 0 aliphatic carbocycles. The van der Waals surface area contributed by atoms with Gasteiger partial charge in [-0.1, -0.05) is 18.2 Å². The van der Waals surface area contributed by atoms with E-state index in [-0.39, 0.29) is 18.1 Å². The van der Waals surface area contributed by atoms with Crippen LogP contribution in [0.5, 0.6) is 0 Å². The molecule has 1 aromatic carbocycles. The second-order valence-electron chi connectivity index (χ2n) is 9.00. The standard InChI is InChI=1S/C25H29F3N4O3/c26-25(27,28)19-7-3-6-18(15-19)21(16-22(33)34)32-14-13-31(24(32)35)12-4-8-20-10-9-17-5-1-2-11-29-23(17)30-20/h3,6-7,9-10,15,21H,1-2,4-5,8,11-14,16H2,(H,29,30)(H,33,34). The van der Waals surface area contributed by atoms with Crippen LogP contribution in [0.2, 0.25) is 0 Å². The molecule has 4 rings (SSSR count). The maximum Gasteiger partial charge on any atom is 0.416 e. The monoisotopic (exact) mass is 490 g/mol. The van der Waals surface area contributed by atoms with Gasteiger partial charge in [0.15, 0.2) is 0 Å². The predicted molar refractivity (Wildman–Crippen MR) is 124 cm³/mol. The van der Waals surface area contributed by atoms with Gasteiger partial charge < -0.3 is 20.2 Å². The minimum Gasteiger partial charge on any atom is -0.481 e. The fourth-order valence-corrected chi connectivity index (χ4v) is 4.71. The third-order valence-corrected chi connectivity index (χ3v) is 6.53. The molecule has 0 radical (unpaired) electrons. The van der Waals surface area contributed by atoms with E-state index >= 15 is 0 Å². The minimum absolute atomic E-state index is 0.166. The van der Waals surface area contributed by atoms with Crippen LogP contribution in [0, 0.1) is 0 Å². The number of aromatic nitrogens is 1. The number of halogens is 3. The van der Waals surface area contributed by atoms with Gasteiger partial charge in [-0.05, 0) is 61.4 Å². The van der Waals surface area contributed by atoms with E-state index in [1.165, 1.54) is 22.6 Å². The third kappa shape index (κ3) is 6.04. The largest absolute Gasteiger partial charge is 0.481 e. The van der Waals surface area contributed by atoms with Crippen molar-refractivity contribution in [2.24, 2.45) is 0 Å². The van der Waals surface area contributed by atoms with Gasteiger partial charge in [-0.15, -0.1) is 0 Å². The van der Waals surface area contributed by atoms with Crippen molar-refractivity contribution in [2.45, 2.75) is 50.7 Å². The summed E-state index contributed by atoms with van der Waals surface area (Å²) in [6.07, 6.45) is -0.391. The van der Waals surface area contributed by atoms with Crippen molar-refractivity contribution in [1.82, 2.24) is 14.8 Å². The molecular formula is C25H29F3N4O3. The van der Waals surface area contributed by atoms with Crippen molar-refractivity contribution in [3.05, 3.63) is 58.8 Å². The summed E-state index contributed by atoms with van der Waals surface area (Å²) < 4.78 is 39.6. The van der Waals surface area contributed by atoms with Crippen LogP contribution in [-0.2, 0) is 23.8 Å². The molecule has 1 unspecified atom stereocenters. The summed E-state index contributed by atoms with van der Waals surface area (Å²) in [7, 11) is 0. The number of benzene rings is 1. The molecule has 1 fully saturated rings. The van der Waals surface area contributed by atoms with Crippen LogP contribution in [0.15, 0.2) is 36.4 Å². The van der Waals surface area contributed by atoms with Gasteiger partial charge in [0.2, 0.25) is 0 Å². The molecule has 1 atom stereocenters. The third-order valence-electron chi connectivity index (χ3n) is 6.53. The van der Waals surface area contributed by atoms with Gasteiger partial charge in [-0.25, -0.2) is 9.78 Å². The molecule has 188 valence electrons.